The van der Waals surface area contributed by atoms with Crippen molar-refractivity contribution in [3.8, 4) is 5.69 Å². The summed E-state index contributed by atoms with van der Waals surface area (Å²) >= 11 is 0. The second-order valence-corrected chi connectivity index (χ2v) is 3.80. The van der Waals surface area contributed by atoms with Gasteiger partial charge in [-0.15, -0.1) is 0 Å². The number of aromatic nitrogens is 2. The van der Waals surface area contributed by atoms with Crippen molar-refractivity contribution in [2.75, 3.05) is 11.9 Å². The van der Waals surface area contributed by atoms with Gasteiger partial charge >= 0.3 is 6.09 Å². The van der Waals surface area contributed by atoms with Gasteiger partial charge in [-0.3, -0.25) is 5.32 Å². The molecule has 0 saturated heterocycles. The van der Waals surface area contributed by atoms with E-state index in [0.29, 0.717) is 17.9 Å². The Balaban J connectivity index is 2.24. The largest absolute Gasteiger partial charge is 0.450 e. The summed E-state index contributed by atoms with van der Waals surface area (Å²) in [4.78, 5) is 11.4. The minimum atomic E-state index is -0.538. The number of hydrogen-bond acceptors (Lipinski definition) is 4. The number of nitrogens with one attached hydrogen (secondary N) is 1. The number of aliphatic hydroxyl groups is 1. The molecule has 2 N–H and O–H groups in total. The van der Waals surface area contributed by atoms with Gasteiger partial charge in [0.05, 0.1) is 18.9 Å². The molecule has 0 unspecified atom stereocenters. The van der Waals surface area contributed by atoms with Crippen LogP contribution in [0.3, 0.4) is 0 Å². The van der Waals surface area contributed by atoms with Crippen LogP contribution in [0.1, 0.15) is 12.5 Å². The molecule has 6 nitrogen and oxygen atoms in total. The monoisotopic (exact) mass is 261 g/mol. The molecule has 0 radical (unpaired) electrons. The van der Waals surface area contributed by atoms with Gasteiger partial charge in [0.1, 0.15) is 0 Å². The fourth-order valence-electron chi connectivity index (χ4n) is 1.67. The van der Waals surface area contributed by atoms with E-state index in [-0.39, 0.29) is 6.61 Å². The second-order valence-electron chi connectivity index (χ2n) is 3.80. The Labute approximate surface area is 110 Å². The fourth-order valence-corrected chi connectivity index (χ4v) is 1.67. The highest BCUT2D eigenvalue weighted by Gasteiger charge is 2.08. The molecule has 2 aromatic rings. The van der Waals surface area contributed by atoms with Crippen molar-refractivity contribution in [2.45, 2.75) is 13.5 Å². The standard InChI is InChI=1S/C13H15N3O3/c1-2-19-13(18)15-12-5-4-11(8-10(12)9-17)16-7-3-6-14-16/h3-8,17H,2,9H2,1H3,(H,15,18). The van der Waals surface area contributed by atoms with E-state index in [9.17, 15) is 9.90 Å². The summed E-state index contributed by atoms with van der Waals surface area (Å²) in [5, 5.41) is 16.1. The van der Waals surface area contributed by atoms with Gasteiger partial charge in [0.15, 0.2) is 0 Å². The highest BCUT2D eigenvalue weighted by Crippen LogP contribution is 2.20. The van der Waals surface area contributed by atoms with Gasteiger partial charge in [-0.2, -0.15) is 5.10 Å². The van der Waals surface area contributed by atoms with E-state index in [0.717, 1.165) is 5.69 Å². The van der Waals surface area contributed by atoms with Crippen LogP contribution >= 0.6 is 0 Å². The van der Waals surface area contributed by atoms with Crippen LogP contribution in [0.5, 0.6) is 0 Å². The highest BCUT2D eigenvalue weighted by atomic mass is 16.5. The molecule has 0 fully saturated rings. The number of aliphatic hydroxyl groups excluding tert-OH is 1. The lowest BCUT2D eigenvalue weighted by atomic mass is 10.1. The number of anilines is 1. The Morgan fingerprint density at radius 3 is 3.00 bits per heavy atom. The zero-order valence-corrected chi connectivity index (χ0v) is 10.5. The lowest BCUT2D eigenvalue weighted by molar-refractivity contribution is 0.168. The molecule has 0 atom stereocenters. The summed E-state index contributed by atoms with van der Waals surface area (Å²) in [6.45, 7) is 1.84. The first-order chi connectivity index (χ1) is 9.24. The summed E-state index contributed by atoms with van der Waals surface area (Å²) in [6, 6.07) is 7.07. The van der Waals surface area contributed by atoms with Gasteiger partial charge < -0.3 is 9.84 Å². The molecule has 100 valence electrons. The molecule has 0 aliphatic heterocycles. The van der Waals surface area contributed by atoms with E-state index < -0.39 is 6.09 Å². The molecule has 19 heavy (non-hydrogen) atoms. The van der Waals surface area contributed by atoms with Crippen LogP contribution in [0.4, 0.5) is 10.5 Å². The van der Waals surface area contributed by atoms with Crippen molar-refractivity contribution >= 4 is 11.8 Å². The molecule has 1 aromatic carbocycles. The minimum absolute atomic E-state index is 0.184. The summed E-state index contributed by atoms with van der Waals surface area (Å²) in [5.41, 5.74) is 1.93. The van der Waals surface area contributed by atoms with E-state index in [1.165, 1.54) is 0 Å². The molecule has 0 aliphatic rings. The zero-order valence-electron chi connectivity index (χ0n) is 10.5. The van der Waals surface area contributed by atoms with Crippen LogP contribution in [-0.2, 0) is 11.3 Å². The third kappa shape index (κ3) is 3.11. The van der Waals surface area contributed by atoms with Gasteiger partial charge in [0.2, 0.25) is 0 Å². The number of ether oxygens (including phenoxy) is 1. The average Bonchev–Trinajstić information content (AvgIpc) is 2.93. The maximum absolute atomic E-state index is 11.4. The number of amides is 1. The van der Waals surface area contributed by atoms with E-state index in [1.54, 1.807) is 42.2 Å². The van der Waals surface area contributed by atoms with E-state index >= 15 is 0 Å². The third-order valence-electron chi connectivity index (χ3n) is 2.54. The number of benzene rings is 1. The molecule has 0 bridgehead atoms. The van der Waals surface area contributed by atoms with Crippen molar-refractivity contribution in [1.82, 2.24) is 9.78 Å². The molecule has 2 rings (SSSR count). The van der Waals surface area contributed by atoms with E-state index in [1.807, 2.05) is 6.07 Å². The fraction of sp³-hybridized carbons (Fsp3) is 0.231. The summed E-state index contributed by atoms with van der Waals surface area (Å²) in [6.07, 6.45) is 2.93. The zero-order chi connectivity index (χ0) is 13.7. The second kappa shape index (κ2) is 6.01. The van der Waals surface area contributed by atoms with Crippen LogP contribution in [0.2, 0.25) is 0 Å². The summed E-state index contributed by atoms with van der Waals surface area (Å²) in [5.74, 6) is 0. The van der Waals surface area contributed by atoms with Crippen molar-refractivity contribution in [3.63, 3.8) is 0 Å². The Hall–Kier alpha value is -2.34. The first-order valence-electron chi connectivity index (χ1n) is 5.92. The summed E-state index contributed by atoms with van der Waals surface area (Å²) in [7, 11) is 0. The maximum Gasteiger partial charge on any atom is 0.411 e. The predicted molar refractivity (Wildman–Crippen MR) is 70.1 cm³/mol. The number of rotatable bonds is 4. The number of nitrogens with zero attached hydrogens (tertiary/aromatic N) is 2. The van der Waals surface area contributed by atoms with Crippen LogP contribution in [0.15, 0.2) is 36.7 Å². The Kier molecular flexibility index (Phi) is 4.15. The number of hydrogen-bond donors (Lipinski definition) is 2. The Bertz CT molecular complexity index is 552. The van der Waals surface area contributed by atoms with Crippen LogP contribution in [0, 0.1) is 0 Å². The van der Waals surface area contributed by atoms with E-state index in [2.05, 4.69) is 10.4 Å². The van der Waals surface area contributed by atoms with Crippen molar-refractivity contribution < 1.29 is 14.6 Å². The first kappa shape index (κ1) is 13.1. The van der Waals surface area contributed by atoms with Gasteiger partial charge in [-0.1, -0.05) is 0 Å². The molecule has 0 saturated carbocycles. The SMILES string of the molecule is CCOC(=O)Nc1ccc(-n2cccn2)cc1CO. The average molecular weight is 261 g/mol. The molecular weight excluding hydrogens is 246 g/mol. The Morgan fingerprint density at radius 1 is 1.53 bits per heavy atom. The lowest BCUT2D eigenvalue weighted by Gasteiger charge is -2.11. The lowest BCUT2D eigenvalue weighted by Crippen LogP contribution is -2.14. The molecular formula is C13H15N3O3. The van der Waals surface area contributed by atoms with Gasteiger partial charge in [-0.25, -0.2) is 9.48 Å². The molecule has 1 aromatic heterocycles. The normalized spacial score (nSPS) is 10.2. The maximum atomic E-state index is 11.4. The molecule has 0 aliphatic carbocycles. The first-order valence-corrected chi connectivity index (χ1v) is 5.92. The van der Waals surface area contributed by atoms with Crippen LogP contribution < -0.4 is 5.32 Å². The molecule has 0 spiro atoms. The molecule has 1 amide bonds. The quantitative estimate of drug-likeness (QED) is 0.881. The predicted octanol–water partition coefficient (Wildman–Crippen LogP) is 1.93. The van der Waals surface area contributed by atoms with Gasteiger partial charge in [0, 0.05) is 23.6 Å². The Morgan fingerprint density at radius 2 is 2.37 bits per heavy atom. The number of carbonyl (C=O) groups is 1. The third-order valence-corrected chi connectivity index (χ3v) is 2.54. The van der Waals surface area contributed by atoms with Crippen molar-refractivity contribution in [1.29, 1.82) is 0 Å². The number of carbonyl (C=O) groups excluding carboxylic acids is 1. The topological polar surface area (TPSA) is 76.4 Å². The van der Waals surface area contributed by atoms with Crippen LogP contribution in [0.25, 0.3) is 5.69 Å². The van der Waals surface area contributed by atoms with Gasteiger partial charge in [0.25, 0.3) is 0 Å². The highest BCUT2D eigenvalue weighted by molar-refractivity contribution is 5.85. The molecule has 1 heterocycles. The smallest absolute Gasteiger partial charge is 0.411 e. The van der Waals surface area contributed by atoms with Gasteiger partial charge in [-0.05, 0) is 31.2 Å². The summed E-state index contributed by atoms with van der Waals surface area (Å²) < 4.78 is 6.47. The van der Waals surface area contributed by atoms with Crippen molar-refractivity contribution in [3.05, 3.63) is 42.2 Å². The minimum Gasteiger partial charge on any atom is -0.450 e. The van der Waals surface area contributed by atoms with Crippen molar-refractivity contribution in [2.24, 2.45) is 0 Å². The molecule has 6 heteroatoms. The van der Waals surface area contributed by atoms with E-state index in [4.69, 9.17) is 4.74 Å². The van der Waals surface area contributed by atoms with Crippen LogP contribution in [-0.4, -0.2) is 27.6 Å².